The normalized spacial score (nSPS) is 13.2. The van der Waals surface area contributed by atoms with Crippen LogP contribution >= 0.6 is 0 Å². The number of carbonyl (C=O) groups excluding carboxylic acids is 2. The highest BCUT2D eigenvalue weighted by Crippen LogP contribution is 2.13. The van der Waals surface area contributed by atoms with E-state index >= 15 is 0 Å². The molecule has 23 heavy (non-hydrogen) atoms. The van der Waals surface area contributed by atoms with E-state index in [1.807, 2.05) is 13.8 Å². The Morgan fingerprint density at radius 2 is 1.96 bits per heavy atom. The molecule has 1 aromatic carbocycles. The third-order valence-corrected chi connectivity index (χ3v) is 3.63. The number of hydrogen-bond acceptors (Lipinski definition) is 4. The molecule has 6 heteroatoms. The molecule has 0 saturated carbocycles. The number of anilines is 1. The van der Waals surface area contributed by atoms with Gasteiger partial charge in [-0.2, -0.15) is 0 Å². The van der Waals surface area contributed by atoms with Gasteiger partial charge in [0.1, 0.15) is 0 Å². The van der Waals surface area contributed by atoms with Crippen LogP contribution in [0, 0.1) is 5.92 Å². The van der Waals surface area contributed by atoms with Gasteiger partial charge in [-0.05, 0) is 43.2 Å². The van der Waals surface area contributed by atoms with Crippen LogP contribution in [0.15, 0.2) is 47.1 Å². The second-order valence-corrected chi connectivity index (χ2v) is 5.43. The zero-order chi connectivity index (χ0) is 16.8. The van der Waals surface area contributed by atoms with Gasteiger partial charge in [-0.1, -0.05) is 13.0 Å². The molecule has 1 heterocycles. The Kier molecular flexibility index (Phi) is 5.54. The fourth-order valence-electron chi connectivity index (χ4n) is 1.93. The number of furan rings is 1. The topological polar surface area (TPSA) is 91.6 Å². The molecule has 2 atom stereocenters. The SMILES string of the molecule is CC(CO)C(C)NC(=O)c1cccc(NC(=O)c2ccco2)c1. The molecular weight excluding hydrogens is 296 g/mol. The van der Waals surface area contributed by atoms with Crippen molar-refractivity contribution in [1.82, 2.24) is 5.32 Å². The first-order chi connectivity index (χ1) is 11.0. The first kappa shape index (κ1) is 16.8. The van der Waals surface area contributed by atoms with Crippen molar-refractivity contribution in [2.75, 3.05) is 11.9 Å². The van der Waals surface area contributed by atoms with E-state index < -0.39 is 0 Å². The zero-order valence-electron chi connectivity index (χ0n) is 13.1. The third kappa shape index (κ3) is 4.43. The molecule has 0 radical (unpaired) electrons. The van der Waals surface area contributed by atoms with Gasteiger partial charge >= 0.3 is 0 Å². The van der Waals surface area contributed by atoms with Gasteiger partial charge in [-0.25, -0.2) is 0 Å². The predicted octanol–water partition coefficient (Wildman–Crippen LogP) is 2.28. The molecule has 0 fully saturated rings. The summed E-state index contributed by atoms with van der Waals surface area (Å²) in [4.78, 5) is 24.1. The van der Waals surface area contributed by atoms with Crippen LogP contribution in [0.3, 0.4) is 0 Å². The van der Waals surface area contributed by atoms with E-state index in [-0.39, 0.29) is 36.1 Å². The molecule has 0 aliphatic carbocycles. The minimum atomic E-state index is -0.380. The van der Waals surface area contributed by atoms with Crippen LogP contribution in [-0.4, -0.2) is 29.6 Å². The molecule has 0 aliphatic heterocycles. The van der Waals surface area contributed by atoms with Crippen molar-refractivity contribution in [2.24, 2.45) is 5.92 Å². The third-order valence-electron chi connectivity index (χ3n) is 3.63. The van der Waals surface area contributed by atoms with Crippen molar-refractivity contribution in [3.63, 3.8) is 0 Å². The van der Waals surface area contributed by atoms with Crippen LogP contribution in [0.2, 0.25) is 0 Å². The Labute approximate surface area is 134 Å². The van der Waals surface area contributed by atoms with E-state index in [4.69, 9.17) is 9.52 Å². The summed E-state index contributed by atoms with van der Waals surface area (Å²) >= 11 is 0. The Hall–Kier alpha value is -2.60. The highest BCUT2D eigenvalue weighted by molar-refractivity contribution is 6.03. The molecule has 0 spiro atoms. The minimum absolute atomic E-state index is 0.000685. The van der Waals surface area contributed by atoms with Crippen LogP contribution in [0.25, 0.3) is 0 Å². The number of hydrogen-bond donors (Lipinski definition) is 3. The van der Waals surface area contributed by atoms with Gasteiger partial charge in [0.2, 0.25) is 0 Å². The largest absolute Gasteiger partial charge is 0.459 e. The molecule has 0 saturated heterocycles. The molecule has 2 aromatic rings. The van der Waals surface area contributed by atoms with Gasteiger partial charge in [-0.3, -0.25) is 9.59 Å². The van der Waals surface area contributed by atoms with Crippen molar-refractivity contribution in [1.29, 1.82) is 0 Å². The quantitative estimate of drug-likeness (QED) is 0.762. The van der Waals surface area contributed by atoms with Crippen LogP contribution in [0.1, 0.15) is 34.8 Å². The first-order valence-electron chi connectivity index (χ1n) is 7.38. The summed E-state index contributed by atoms with van der Waals surface area (Å²) in [6, 6.07) is 9.66. The fraction of sp³-hybridized carbons (Fsp3) is 0.294. The molecule has 0 aliphatic rings. The van der Waals surface area contributed by atoms with E-state index in [0.717, 1.165) is 0 Å². The van der Waals surface area contributed by atoms with E-state index in [9.17, 15) is 9.59 Å². The Morgan fingerprint density at radius 3 is 2.61 bits per heavy atom. The van der Waals surface area contributed by atoms with Crippen LogP contribution < -0.4 is 10.6 Å². The Balaban J connectivity index is 2.04. The van der Waals surface area contributed by atoms with E-state index in [1.54, 1.807) is 36.4 Å². The highest BCUT2D eigenvalue weighted by atomic mass is 16.3. The maximum absolute atomic E-state index is 12.2. The van der Waals surface area contributed by atoms with E-state index in [0.29, 0.717) is 11.3 Å². The van der Waals surface area contributed by atoms with Crippen molar-refractivity contribution in [2.45, 2.75) is 19.9 Å². The summed E-state index contributed by atoms with van der Waals surface area (Å²) in [7, 11) is 0. The first-order valence-corrected chi connectivity index (χ1v) is 7.38. The molecule has 2 amide bonds. The average molecular weight is 316 g/mol. The molecule has 0 bridgehead atoms. The summed E-state index contributed by atoms with van der Waals surface area (Å²) in [6.45, 7) is 3.69. The second kappa shape index (κ2) is 7.60. The maximum atomic E-state index is 12.2. The van der Waals surface area contributed by atoms with Crippen molar-refractivity contribution in [3.8, 4) is 0 Å². The molecule has 6 nitrogen and oxygen atoms in total. The van der Waals surface area contributed by atoms with Crippen molar-refractivity contribution < 1.29 is 19.1 Å². The zero-order valence-corrected chi connectivity index (χ0v) is 13.1. The number of aliphatic hydroxyl groups is 1. The lowest BCUT2D eigenvalue weighted by atomic mass is 10.0. The van der Waals surface area contributed by atoms with E-state index in [1.165, 1.54) is 6.26 Å². The number of aliphatic hydroxyl groups excluding tert-OH is 1. The number of carbonyl (C=O) groups is 2. The Morgan fingerprint density at radius 1 is 1.17 bits per heavy atom. The second-order valence-electron chi connectivity index (χ2n) is 5.43. The Bertz CT molecular complexity index is 667. The predicted molar refractivity (Wildman–Crippen MR) is 86.3 cm³/mol. The summed E-state index contributed by atoms with van der Waals surface area (Å²) in [6.07, 6.45) is 1.42. The van der Waals surface area contributed by atoms with Gasteiger partial charge in [0.05, 0.1) is 6.26 Å². The van der Waals surface area contributed by atoms with Crippen LogP contribution in [0.4, 0.5) is 5.69 Å². The fourth-order valence-corrected chi connectivity index (χ4v) is 1.93. The van der Waals surface area contributed by atoms with Gasteiger partial charge in [-0.15, -0.1) is 0 Å². The lowest BCUT2D eigenvalue weighted by Crippen LogP contribution is -2.38. The van der Waals surface area contributed by atoms with Crippen LogP contribution in [0.5, 0.6) is 0 Å². The highest BCUT2D eigenvalue weighted by Gasteiger charge is 2.16. The van der Waals surface area contributed by atoms with Gasteiger partial charge in [0, 0.05) is 23.9 Å². The smallest absolute Gasteiger partial charge is 0.291 e. The average Bonchev–Trinajstić information content (AvgIpc) is 3.08. The maximum Gasteiger partial charge on any atom is 0.291 e. The number of rotatable bonds is 6. The molecule has 3 N–H and O–H groups in total. The van der Waals surface area contributed by atoms with E-state index in [2.05, 4.69) is 10.6 Å². The summed E-state index contributed by atoms with van der Waals surface area (Å²) in [5.74, 6) is -0.479. The van der Waals surface area contributed by atoms with Crippen LogP contribution in [-0.2, 0) is 0 Å². The van der Waals surface area contributed by atoms with Crippen molar-refractivity contribution in [3.05, 3.63) is 54.0 Å². The molecular formula is C17H20N2O4. The van der Waals surface area contributed by atoms with Crippen molar-refractivity contribution >= 4 is 17.5 Å². The number of nitrogens with one attached hydrogen (secondary N) is 2. The lowest BCUT2D eigenvalue weighted by molar-refractivity contribution is 0.0915. The van der Waals surface area contributed by atoms with Gasteiger partial charge in [0.25, 0.3) is 11.8 Å². The molecule has 2 unspecified atom stereocenters. The summed E-state index contributed by atoms with van der Waals surface area (Å²) < 4.78 is 5.02. The lowest BCUT2D eigenvalue weighted by Gasteiger charge is -2.19. The summed E-state index contributed by atoms with van der Waals surface area (Å²) in [5.41, 5.74) is 0.932. The molecule has 1 aromatic heterocycles. The van der Waals surface area contributed by atoms with Gasteiger partial charge < -0.3 is 20.2 Å². The van der Waals surface area contributed by atoms with Gasteiger partial charge in [0.15, 0.2) is 5.76 Å². The molecule has 122 valence electrons. The number of benzene rings is 1. The minimum Gasteiger partial charge on any atom is -0.459 e. The standard InChI is InChI=1S/C17H20N2O4/c1-11(10-20)12(2)18-16(21)13-5-3-6-14(9-13)19-17(22)15-7-4-8-23-15/h3-9,11-12,20H,10H2,1-2H3,(H,18,21)(H,19,22). The number of amides is 2. The monoisotopic (exact) mass is 316 g/mol. The summed E-state index contributed by atoms with van der Waals surface area (Å²) in [5, 5.41) is 14.6. The molecule has 2 rings (SSSR count).